The Balaban J connectivity index is 1.78. The number of methoxy groups -OCH3 is 1. The molecule has 4 rings (SSSR count). The molecule has 1 heterocycles. The van der Waals surface area contributed by atoms with Crippen LogP contribution in [-0.2, 0) is 4.74 Å². The van der Waals surface area contributed by atoms with E-state index in [0.717, 1.165) is 18.3 Å². The molecular weight excluding hydrogens is 498 g/mol. The first-order valence-corrected chi connectivity index (χ1v) is 11.0. The van der Waals surface area contributed by atoms with Gasteiger partial charge in [-0.15, -0.1) is 11.3 Å². The van der Waals surface area contributed by atoms with E-state index >= 15 is 8.78 Å². The Morgan fingerprint density at radius 1 is 0.914 bits per heavy atom. The van der Waals surface area contributed by atoms with Gasteiger partial charge in [0, 0.05) is 26.1 Å². The Morgan fingerprint density at radius 3 is 2.14 bits per heavy atom. The van der Waals surface area contributed by atoms with Gasteiger partial charge in [-0.3, -0.25) is 0 Å². The molecule has 1 aromatic heterocycles. The lowest BCUT2D eigenvalue weighted by atomic mass is 9.94. The van der Waals surface area contributed by atoms with E-state index in [4.69, 9.17) is 14.2 Å². The number of halogens is 6. The van der Waals surface area contributed by atoms with Crippen molar-refractivity contribution in [2.75, 3.05) is 7.11 Å². The molecule has 0 unspecified atom stereocenters. The van der Waals surface area contributed by atoms with Crippen LogP contribution in [0.5, 0.6) is 11.5 Å². The van der Waals surface area contributed by atoms with E-state index in [0.29, 0.717) is 10.4 Å². The Bertz CT molecular complexity index is 1310. The van der Waals surface area contributed by atoms with E-state index in [1.807, 2.05) is 0 Å². The fourth-order valence-electron chi connectivity index (χ4n) is 4.05. The molecular formula is C24H18F6O4S. The maximum absolute atomic E-state index is 15.1. The first kappa shape index (κ1) is 24.9. The van der Waals surface area contributed by atoms with Crippen LogP contribution in [0.1, 0.15) is 17.4 Å². The van der Waals surface area contributed by atoms with E-state index in [2.05, 4.69) is 0 Å². The molecule has 0 saturated heterocycles. The van der Waals surface area contributed by atoms with Crippen LogP contribution in [0, 0.1) is 6.92 Å². The lowest BCUT2D eigenvalue weighted by Crippen LogP contribution is -2.50. The SMILES string of the molecule is COc1ccc(OC(=O)O[C@@H](C)C2=C(c3c(C)sc4ccccc34)C(F)(F)C(F)(F)C2(F)F)cc1. The van der Waals surface area contributed by atoms with Crippen molar-refractivity contribution in [2.24, 2.45) is 0 Å². The predicted octanol–water partition coefficient (Wildman–Crippen LogP) is 7.50. The van der Waals surface area contributed by atoms with Gasteiger partial charge in [0.1, 0.15) is 17.6 Å². The lowest BCUT2D eigenvalue weighted by Gasteiger charge is -2.26. The number of carbonyl (C=O) groups excluding carboxylic acids is 1. The van der Waals surface area contributed by atoms with Gasteiger partial charge < -0.3 is 14.2 Å². The average Bonchev–Trinajstić information content (AvgIpc) is 3.16. The summed E-state index contributed by atoms with van der Waals surface area (Å²) in [6.45, 7) is 2.19. The number of thiophene rings is 1. The van der Waals surface area contributed by atoms with Crippen LogP contribution in [0.4, 0.5) is 31.1 Å². The van der Waals surface area contributed by atoms with Crippen molar-refractivity contribution >= 4 is 33.2 Å². The number of aryl methyl sites for hydroxylation is 1. The Kier molecular flexibility index (Phi) is 6.03. The van der Waals surface area contributed by atoms with E-state index in [9.17, 15) is 22.4 Å². The second-order valence-corrected chi connectivity index (χ2v) is 9.09. The third kappa shape index (κ3) is 3.81. The molecule has 0 N–H and O–H groups in total. The molecule has 0 saturated carbocycles. The number of carbonyl (C=O) groups is 1. The number of hydrogen-bond donors (Lipinski definition) is 0. The smallest absolute Gasteiger partial charge is 0.497 e. The lowest BCUT2D eigenvalue weighted by molar-refractivity contribution is -0.262. The first-order valence-electron chi connectivity index (χ1n) is 10.2. The summed E-state index contributed by atoms with van der Waals surface area (Å²) in [4.78, 5) is 12.4. The Morgan fingerprint density at radius 2 is 1.51 bits per heavy atom. The van der Waals surface area contributed by atoms with Crippen LogP contribution < -0.4 is 9.47 Å². The molecule has 0 spiro atoms. The molecule has 0 fully saturated rings. The number of alkyl halides is 6. The maximum atomic E-state index is 15.1. The van der Waals surface area contributed by atoms with Gasteiger partial charge in [-0.1, -0.05) is 18.2 Å². The standard InChI is InChI=1S/C24H18F6O4S/c1-12(33-21(31)34-15-10-8-14(32-3)9-11-15)19-20(23(27,28)24(29,30)22(19,25)26)18-13(2)35-17-7-5-4-6-16(17)18/h4-12H,1-3H3/t12-/m0/s1. The summed E-state index contributed by atoms with van der Waals surface area (Å²) < 4.78 is 104. The van der Waals surface area contributed by atoms with Crippen molar-refractivity contribution in [3.8, 4) is 11.5 Å². The minimum absolute atomic E-state index is 0.0642. The van der Waals surface area contributed by atoms with Crippen molar-refractivity contribution in [2.45, 2.75) is 37.7 Å². The number of benzene rings is 2. The van der Waals surface area contributed by atoms with Crippen LogP contribution >= 0.6 is 11.3 Å². The fraction of sp³-hybridized carbons (Fsp3) is 0.292. The van der Waals surface area contributed by atoms with Gasteiger partial charge in [-0.25, -0.2) is 4.79 Å². The van der Waals surface area contributed by atoms with Crippen molar-refractivity contribution < 1.29 is 45.3 Å². The van der Waals surface area contributed by atoms with Gasteiger partial charge in [0.2, 0.25) is 0 Å². The predicted molar refractivity (Wildman–Crippen MR) is 118 cm³/mol. The summed E-state index contributed by atoms with van der Waals surface area (Å²) in [5.74, 6) is -15.9. The van der Waals surface area contributed by atoms with Crippen LogP contribution in [0.25, 0.3) is 15.7 Å². The summed E-state index contributed by atoms with van der Waals surface area (Å²) in [6, 6.07) is 11.5. The normalized spacial score (nSPS) is 19.0. The molecule has 0 radical (unpaired) electrons. The summed E-state index contributed by atoms with van der Waals surface area (Å²) >= 11 is 0.999. The summed E-state index contributed by atoms with van der Waals surface area (Å²) in [7, 11) is 1.41. The van der Waals surface area contributed by atoms with Crippen LogP contribution in [0.2, 0.25) is 0 Å². The van der Waals surface area contributed by atoms with Crippen LogP contribution in [0.15, 0.2) is 54.1 Å². The zero-order valence-corrected chi connectivity index (χ0v) is 19.3. The number of hydrogen-bond acceptors (Lipinski definition) is 5. The highest BCUT2D eigenvalue weighted by Gasteiger charge is 2.81. The molecule has 35 heavy (non-hydrogen) atoms. The number of rotatable bonds is 5. The van der Waals surface area contributed by atoms with E-state index in [1.54, 1.807) is 12.1 Å². The number of fused-ring (bicyclic) bond motifs is 1. The van der Waals surface area contributed by atoms with E-state index in [-0.39, 0.29) is 16.0 Å². The Labute approximate surface area is 199 Å². The highest BCUT2D eigenvalue weighted by Crippen LogP contribution is 2.64. The van der Waals surface area contributed by atoms with Crippen LogP contribution in [-0.4, -0.2) is 37.1 Å². The van der Waals surface area contributed by atoms with Crippen LogP contribution in [0.3, 0.4) is 0 Å². The van der Waals surface area contributed by atoms with Gasteiger partial charge in [-0.05, 0) is 44.2 Å². The largest absolute Gasteiger partial charge is 0.514 e. The van der Waals surface area contributed by atoms with Gasteiger partial charge in [-0.2, -0.15) is 26.3 Å². The number of ether oxygens (including phenoxy) is 3. The molecule has 11 heteroatoms. The zero-order chi connectivity index (χ0) is 25.8. The fourth-order valence-corrected chi connectivity index (χ4v) is 5.12. The topological polar surface area (TPSA) is 44.8 Å². The highest BCUT2D eigenvalue weighted by atomic mass is 32.1. The van der Waals surface area contributed by atoms with Crippen molar-refractivity contribution in [1.29, 1.82) is 0 Å². The van der Waals surface area contributed by atoms with E-state index in [1.165, 1.54) is 50.4 Å². The molecule has 186 valence electrons. The van der Waals surface area contributed by atoms with Crippen molar-refractivity contribution in [3.63, 3.8) is 0 Å². The van der Waals surface area contributed by atoms with Crippen molar-refractivity contribution in [1.82, 2.24) is 0 Å². The molecule has 0 aliphatic heterocycles. The van der Waals surface area contributed by atoms with Gasteiger partial charge in [0.25, 0.3) is 0 Å². The molecule has 0 amide bonds. The minimum atomic E-state index is -5.75. The molecule has 1 aliphatic rings. The average molecular weight is 516 g/mol. The molecule has 2 aromatic carbocycles. The molecule has 1 aliphatic carbocycles. The zero-order valence-electron chi connectivity index (χ0n) is 18.5. The summed E-state index contributed by atoms with van der Waals surface area (Å²) in [5.41, 5.74) is -3.65. The second-order valence-electron chi connectivity index (χ2n) is 7.83. The van der Waals surface area contributed by atoms with Gasteiger partial charge >= 0.3 is 23.9 Å². The van der Waals surface area contributed by atoms with E-state index < -0.39 is 46.7 Å². The maximum Gasteiger partial charge on any atom is 0.514 e. The molecule has 4 nitrogen and oxygen atoms in total. The number of allylic oxidation sites excluding steroid dienone is 1. The molecule has 3 aromatic rings. The highest BCUT2D eigenvalue weighted by molar-refractivity contribution is 7.19. The van der Waals surface area contributed by atoms with Crippen molar-refractivity contribution in [3.05, 3.63) is 64.5 Å². The summed E-state index contributed by atoms with van der Waals surface area (Å²) in [5, 5.41) is 0.115. The summed E-state index contributed by atoms with van der Waals surface area (Å²) in [6.07, 6.45) is -3.70. The molecule has 1 atom stereocenters. The quantitative estimate of drug-likeness (QED) is 0.200. The van der Waals surface area contributed by atoms with Gasteiger partial charge in [0.15, 0.2) is 0 Å². The first-order chi connectivity index (χ1) is 16.3. The molecule has 0 bridgehead atoms. The minimum Gasteiger partial charge on any atom is -0.497 e. The van der Waals surface area contributed by atoms with Gasteiger partial charge in [0.05, 0.1) is 12.7 Å². The third-order valence-corrected chi connectivity index (χ3v) is 6.76. The Hall–Kier alpha value is -3.21. The monoisotopic (exact) mass is 516 g/mol. The second kappa shape index (κ2) is 8.47. The third-order valence-electron chi connectivity index (χ3n) is 5.67.